The van der Waals surface area contributed by atoms with Crippen LogP contribution in [0.15, 0.2) is 17.1 Å². The van der Waals surface area contributed by atoms with E-state index in [2.05, 4.69) is 14.8 Å². The number of piperazine rings is 1. The lowest BCUT2D eigenvalue weighted by molar-refractivity contribution is -0.140. The zero-order valence-corrected chi connectivity index (χ0v) is 13.9. The third-order valence-corrected chi connectivity index (χ3v) is 4.77. The number of fused-ring (bicyclic) bond motifs is 1. The van der Waals surface area contributed by atoms with Crippen molar-refractivity contribution < 1.29 is 17.6 Å². The van der Waals surface area contributed by atoms with Gasteiger partial charge in [0.2, 0.25) is 5.96 Å². The number of likely N-dealkylation sites (N-methyl/N-ethyl adjacent to an activating group) is 1. The molecule has 1 fully saturated rings. The molecule has 2 aliphatic heterocycles. The number of guanidine groups is 1. The minimum atomic E-state index is -4.71. The number of nitrogens with zero attached hydrogens (tertiary/aromatic N) is 4. The Hall–Kier alpha value is -1.83. The van der Waals surface area contributed by atoms with Crippen LogP contribution < -0.4 is 0 Å². The highest BCUT2D eigenvalue weighted by atomic mass is 19.4. The third-order valence-electron chi connectivity index (χ3n) is 4.77. The molecule has 8 heteroatoms. The summed E-state index contributed by atoms with van der Waals surface area (Å²) < 4.78 is 52.7. The van der Waals surface area contributed by atoms with Crippen molar-refractivity contribution in [3.05, 3.63) is 29.1 Å². The topological polar surface area (TPSA) is 22.1 Å². The molecule has 3 rings (SSSR count). The van der Waals surface area contributed by atoms with Crippen molar-refractivity contribution >= 4 is 11.6 Å². The zero-order valence-electron chi connectivity index (χ0n) is 13.9. The standard InChI is InChI=1S/C16H20F4N4/c1-10-11-8-12(16(18,19)20)13(17)9-14(11)21-15(23(10)3)24-6-4-22(2)5-7-24/h8-10H,4-7H2,1-3H3. The van der Waals surface area contributed by atoms with Gasteiger partial charge in [-0.15, -0.1) is 0 Å². The van der Waals surface area contributed by atoms with E-state index < -0.39 is 17.6 Å². The summed E-state index contributed by atoms with van der Waals surface area (Å²) in [6, 6.07) is 1.47. The largest absolute Gasteiger partial charge is 0.419 e. The average molecular weight is 344 g/mol. The van der Waals surface area contributed by atoms with Gasteiger partial charge in [-0.25, -0.2) is 9.38 Å². The Bertz CT molecular complexity index is 663. The Morgan fingerprint density at radius 1 is 1.08 bits per heavy atom. The molecule has 1 aromatic carbocycles. The smallest absolute Gasteiger partial charge is 0.340 e. The van der Waals surface area contributed by atoms with E-state index in [-0.39, 0.29) is 11.7 Å². The molecule has 132 valence electrons. The molecule has 1 saturated heterocycles. The summed E-state index contributed by atoms with van der Waals surface area (Å²) in [5.41, 5.74) is -0.566. The van der Waals surface area contributed by atoms with Gasteiger partial charge in [0.25, 0.3) is 0 Å². The summed E-state index contributed by atoms with van der Waals surface area (Å²) in [4.78, 5) is 10.6. The van der Waals surface area contributed by atoms with Crippen LogP contribution >= 0.6 is 0 Å². The Labute approximate surface area is 138 Å². The maximum atomic E-state index is 13.9. The highest BCUT2D eigenvalue weighted by molar-refractivity contribution is 5.86. The molecule has 0 aromatic heterocycles. The van der Waals surface area contributed by atoms with E-state index in [1.807, 2.05) is 18.9 Å². The van der Waals surface area contributed by atoms with E-state index in [0.29, 0.717) is 11.5 Å². The molecule has 0 saturated carbocycles. The number of aliphatic imine (C=N–C) groups is 1. The van der Waals surface area contributed by atoms with Crippen molar-refractivity contribution in [1.29, 1.82) is 0 Å². The van der Waals surface area contributed by atoms with Gasteiger partial charge < -0.3 is 14.7 Å². The van der Waals surface area contributed by atoms with Crippen LogP contribution in [-0.4, -0.2) is 60.9 Å². The first-order valence-electron chi connectivity index (χ1n) is 7.84. The van der Waals surface area contributed by atoms with Crippen molar-refractivity contribution in [3.63, 3.8) is 0 Å². The number of rotatable bonds is 0. The number of halogens is 4. The van der Waals surface area contributed by atoms with E-state index in [1.165, 1.54) is 0 Å². The van der Waals surface area contributed by atoms with E-state index in [0.717, 1.165) is 38.3 Å². The van der Waals surface area contributed by atoms with Crippen LogP contribution in [0.25, 0.3) is 0 Å². The number of hydrogen-bond acceptors (Lipinski definition) is 4. The van der Waals surface area contributed by atoms with Crippen molar-refractivity contribution in [3.8, 4) is 0 Å². The molecule has 0 spiro atoms. The van der Waals surface area contributed by atoms with E-state index in [4.69, 9.17) is 0 Å². The van der Waals surface area contributed by atoms with E-state index in [1.54, 1.807) is 7.05 Å². The molecule has 0 aliphatic carbocycles. The Morgan fingerprint density at radius 3 is 2.29 bits per heavy atom. The second kappa shape index (κ2) is 5.91. The summed E-state index contributed by atoms with van der Waals surface area (Å²) in [7, 11) is 3.84. The molecule has 2 heterocycles. The van der Waals surface area contributed by atoms with Gasteiger partial charge in [-0.2, -0.15) is 13.2 Å². The molecular formula is C16H20F4N4. The molecular weight excluding hydrogens is 324 g/mol. The van der Waals surface area contributed by atoms with Gasteiger partial charge in [-0.05, 0) is 20.0 Å². The van der Waals surface area contributed by atoms with Gasteiger partial charge >= 0.3 is 6.18 Å². The second-order valence-electron chi connectivity index (χ2n) is 6.38. The van der Waals surface area contributed by atoms with Gasteiger partial charge in [0.05, 0.1) is 17.3 Å². The molecule has 0 radical (unpaired) electrons. The summed E-state index contributed by atoms with van der Waals surface area (Å²) in [6.45, 7) is 5.14. The minimum absolute atomic E-state index is 0.278. The molecule has 24 heavy (non-hydrogen) atoms. The molecule has 4 nitrogen and oxygen atoms in total. The Kier molecular flexibility index (Phi) is 4.19. The Balaban J connectivity index is 2.01. The zero-order chi connectivity index (χ0) is 17.6. The molecule has 0 bridgehead atoms. The molecule has 1 atom stereocenters. The highest BCUT2D eigenvalue weighted by Gasteiger charge is 2.37. The SMILES string of the molecule is CC1c2cc(C(F)(F)F)c(F)cc2N=C(N2CCN(C)CC2)N1C. The minimum Gasteiger partial charge on any atom is -0.340 e. The van der Waals surface area contributed by atoms with E-state index in [9.17, 15) is 17.6 Å². The quantitative estimate of drug-likeness (QED) is 0.675. The van der Waals surface area contributed by atoms with Gasteiger partial charge in [0.15, 0.2) is 0 Å². The molecule has 1 unspecified atom stereocenters. The van der Waals surface area contributed by atoms with Crippen molar-refractivity contribution in [2.75, 3.05) is 40.3 Å². The lowest BCUT2D eigenvalue weighted by Crippen LogP contribution is -2.52. The van der Waals surface area contributed by atoms with Crippen LogP contribution in [0, 0.1) is 5.82 Å². The number of hydrogen-bond donors (Lipinski definition) is 0. The lowest BCUT2D eigenvalue weighted by Gasteiger charge is -2.42. The third kappa shape index (κ3) is 2.94. The van der Waals surface area contributed by atoms with Crippen LogP contribution in [-0.2, 0) is 6.18 Å². The molecule has 1 aromatic rings. The average Bonchev–Trinajstić information content (AvgIpc) is 2.50. The summed E-state index contributed by atoms with van der Waals surface area (Å²) in [5.74, 6) is -0.596. The maximum Gasteiger partial charge on any atom is 0.419 e. The summed E-state index contributed by atoms with van der Waals surface area (Å²) in [6.07, 6.45) is -4.71. The summed E-state index contributed by atoms with van der Waals surface area (Å²) in [5, 5.41) is 0. The number of benzene rings is 1. The van der Waals surface area contributed by atoms with Gasteiger partial charge in [0, 0.05) is 44.9 Å². The van der Waals surface area contributed by atoms with Crippen LogP contribution in [0.5, 0.6) is 0 Å². The maximum absolute atomic E-state index is 13.9. The molecule has 0 N–H and O–H groups in total. The summed E-state index contributed by atoms with van der Waals surface area (Å²) >= 11 is 0. The first-order valence-corrected chi connectivity index (χ1v) is 7.84. The lowest BCUT2D eigenvalue weighted by atomic mass is 9.99. The predicted molar refractivity (Wildman–Crippen MR) is 83.7 cm³/mol. The fraction of sp³-hybridized carbons (Fsp3) is 0.562. The Morgan fingerprint density at radius 2 is 1.71 bits per heavy atom. The van der Waals surface area contributed by atoms with Crippen molar-refractivity contribution in [1.82, 2.24) is 14.7 Å². The fourth-order valence-corrected chi connectivity index (χ4v) is 3.10. The normalized spacial score (nSPS) is 22.5. The number of alkyl halides is 3. The second-order valence-corrected chi connectivity index (χ2v) is 6.38. The fourth-order valence-electron chi connectivity index (χ4n) is 3.10. The predicted octanol–water partition coefficient (Wildman–Crippen LogP) is 3.09. The van der Waals surface area contributed by atoms with Crippen LogP contribution in [0.2, 0.25) is 0 Å². The highest BCUT2D eigenvalue weighted by Crippen LogP contribution is 2.40. The first kappa shape index (κ1) is 17.0. The first-order chi connectivity index (χ1) is 11.2. The van der Waals surface area contributed by atoms with Crippen molar-refractivity contribution in [2.24, 2.45) is 4.99 Å². The monoisotopic (exact) mass is 344 g/mol. The van der Waals surface area contributed by atoms with Crippen molar-refractivity contribution in [2.45, 2.75) is 19.1 Å². The molecule has 2 aliphatic rings. The van der Waals surface area contributed by atoms with Crippen LogP contribution in [0.3, 0.4) is 0 Å². The van der Waals surface area contributed by atoms with E-state index >= 15 is 0 Å². The van der Waals surface area contributed by atoms with Gasteiger partial charge in [-0.3, -0.25) is 0 Å². The van der Waals surface area contributed by atoms with Crippen LogP contribution in [0.4, 0.5) is 23.2 Å². The van der Waals surface area contributed by atoms with Crippen LogP contribution in [0.1, 0.15) is 24.1 Å². The molecule has 0 amide bonds. The van der Waals surface area contributed by atoms with Gasteiger partial charge in [-0.1, -0.05) is 0 Å². The van der Waals surface area contributed by atoms with Gasteiger partial charge in [0.1, 0.15) is 5.82 Å².